The summed E-state index contributed by atoms with van der Waals surface area (Å²) in [5.74, 6) is -1.07. The zero-order valence-corrected chi connectivity index (χ0v) is 18.1. The molecule has 4 heterocycles. The number of hydrogen-bond donors (Lipinski definition) is 1. The van der Waals surface area contributed by atoms with Gasteiger partial charge >= 0.3 is 12.3 Å². The summed E-state index contributed by atoms with van der Waals surface area (Å²) < 4.78 is 48.3. The summed E-state index contributed by atoms with van der Waals surface area (Å²) >= 11 is 1.41. The number of para-hydroxylation sites is 1. The molecule has 1 atom stereocenters. The van der Waals surface area contributed by atoms with E-state index in [2.05, 4.69) is 19.9 Å². The Labute approximate surface area is 193 Å². The van der Waals surface area contributed by atoms with Gasteiger partial charge in [-0.05, 0) is 12.1 Å². The number of aromatic nitrogens is 4. The average Bonchev–Trinajstić information content (AvgIpc) is 3.54. The van der Waals surface area contributed by atoms with Gasteiger partial charge in [0.15, 0.2) is 5.69 Å². The Balaban J connectivity index is 1.48. The van der Waals surface area contributed by atoms with Gasteiger partial charge in [0.1, 0.15) is 23.7 Å². The standard InChI is InChI=1S/C21H15F3N6O3S/c22-21(23,24)6-8-32-20-29-13(9-25)17(33-20)19(31)30-7-5-12-15(27-10-26-12)16(30)18-28-11-3-1-2-4-14(11)34-18/h1-4,10,16H,5-8H2,(H,26,27)/t16-/m0/s1. The zero-order chi connectivity index (χ0) is 23.9. The first kappa shape index (κ1) is 21.9. The van der Waals surface area contributed by atoms with E-state index >= 15 is 0 Å². The molecule has 0 fully saturated rings. The Morgan fingerprint density at radius 2 is 2.18 bits per heavy atom. The molecular formula is C21H15F3N6O3S. The number of benzene rings is 1. The van der Waals surface area contributed by atoms with Crippen LogP contribution in [0.3, 0.4) is 0 Å². The number of carbonyl (C=O) groups is 1. The predicted octanol–water partition coefficient (Wildman–Crippen LogP) is 4.00. The van der Waals surface area contributed by atoms with Crippen molar-refractivity contribution >= 4 is 27.5 Å². The number of nitrogens with one attached hydrogen (secondary N) is 1. The first-order valence-electron chi connectivity index (χ1n) is 10.1. The molecule has 1 aliphatic rings. The topological polar surface area (TPSA) is 121 Å². The lowest BCUT2D eigenvalue weighted by molar-refractivity contribution is -0.140. The molecule has 1 aromatic carbocycles. The van der Waals surface area contributed by atoms with Gasteiger partial charge in [-0.25, -0.2) is 9.97 Å². The van der Waals surface area contributed by atoms with Gasteiger partial charge in [0.2, 0.25) is 5.76 Å². The summed E-state index contributed by atoms with van der Waals surface area (Å²) in [5, 5.41) is 10.1. The van der Waals surface area contributed by atoms with Crippen molar-refractivity contribution in [2.24, 2.45) is 0 Å². The molecule has 0 saturated heterocycles. The molecule has 0 saturated carbocycles. The molecule has 3 aromatic heterocycles. The summed E-state index contributed by atoms with van der Waals surface area (Å²) in [6.07, 6.45) is -4.20. The third kappa shape index (κ3) is 4.08. The second-order valence-corrected chi connectivity index (χ2v) is 8.48. The number of carbonyl (C=O) groups excluding carboxylic acids is 1. The van der Waals surface area contributed by atoms with Crippen molar-refractivity contribution in [1.29, 1.82) is 5.26 Å². The molecule has 174 valence electrons. The fourth-order valence-corrected chi connectivity index (χ4v) is 4.80. The van der Waals surface area contributed by atoms with Crippen LogP contribution >= 0.6 is 11.3 Å². The molecule has 1 aliphatic heterocycles. The highest BCUT2D eigenvalue weighted by Gasteiger charge is 2.39. The quantitative estimate of drug-likeness (QED) is 0.451. The number of ether oxygens (including phenoxy) is 1. The number of hydrogen-bond acceptors (Lipinski definition) is 8. The average molecular weight is 488 g/mol. The summed E-state index contributed by atoms with van der Waals surface area (Å²) in [6, 6.07) is 8.64. The van der Waals surface area contributed by atoms with Gasteiger partial charge in [-0.3, -0.25) is 4.79 Å². The van der Waals surface area contributed by atoms with Crippen LogP contribution in [0.5, 0.6) is 6.08 Å². The second-order valence-electron chi connectivity index (χ2n) is 7.42. The highest BCUT2D eigenvalue weighted by Crippen LogP contribution is 2.38. The molecule has 5 rings (SSSR count). The van der Waals surface area contributed by atoms with Crippen molar-refractivity contribution < 1.29 is 27.1 Å². The number of aromatic amines is 1. The largest absolute Gasteiger partial charge is 0.450 e. The van der Waals surface area contributed by atoms with Crippen molar-refractivity contribution in [1.82, 2.24) is 24.8 Å². The van der Waals surface area contributed by atoms with Gasteiger partial charge in [0.25, 0.3) is 5.91 Å². The van der Waals surface area contributed by atoms with Crippen molar-refractivity contribution in [3.8, 4) is 12.1 Å². The van der Waals surface area contributed by atoms with E-state index in [9.17, 15) is 23.2 Å². The molecule has 1 amide bonds. The fourth-order valence-electron chi connectivity index (χ4n) is 3.72. The summed E-state index contributed by atoms with van der Waals surface area (Å²) in [7, 11) is 0. The van der Waals surface area contributed by atoms with E-state index < -0.39 is 43.0 Å². The van der Waals surface area contributed by atoms with Gasteiger partial charge in [0.05, 0.1) is 28.7 Å². The van der Waals surface area contributed by atoms with Crippen LogP contribution in [0.25, 0.3) is 10.2 Å². The number of amides is 1. The predicted molar refractivity (Wildman–Crippen MR) is 112 cm³/mol. The molecule has 34 heavy (non-hydrogen) atoms. The zero-order valence-electron chi connectivity index (χ0n) is 17.3. The first-order chi connectivity index (χ1) is 16.3. The van der Waals surface area contributed by atoms with E-state index in [0.29, 0.717) is 17.1 Å². The third-order valence-electron chi connectivity index (χ3n) is 5.25. The number of halogens is 3. The maximum Gasteiger partial charge on any atom is 0.395 e. The van der Waals surface area contributed by atoms with Crippen LogP contribution in [0.2, 0.25) is 0 Å². The highest BCUT2D eigenvalue weighted by atomic mass is 32.1. The van der Waals surface area contributed by atoms with Crippen LogP contribution in [0.4, 0.5) is 13.2 Å². The molecule has 0 aliphatic carbocycles. The number of oxazole rings is 1. The number of H-pyrrole nitrogens is 1. The Bertz CT molecular complexity index is 1370. The number of thiazole rings is 1. The molecule has 0 bridgehead atoms. The lowest BCUT2D eigenvalue weighted by Crippen LogP contribution is -2.40. The van der Waals surface area contributed by atoms with Crippen LogP contribution in [-0.4, -0.2) is 50.1 Å². The molecule has 0 spiro atoms. The van der Waals surface area contributed by atoms with Gasteiger partial charge in [-0.1, -0.05) is 12.1 Å². The Hall–Kier alpha value is -3.92. The van der Waals surface area contributed by atoms with Crippen LogP contribution in [-0.2, 0) is 6.42 Å². The Morgan fingerprint density at radius 3 is 2.94 bits per heavy atom. The van der Waals surface area contributed by atoms with Gasteiger partial charge in [-0.15, -0.1) is 11.3 Å². The summed E-state index contributed by atoms with van der Waals surface area (Å²) in [5.41, 5.74) is 1.89. The lowest BCUT2D eigenvalue weighted by Gasteiger charge is -2.33. The Morgan fingerprint density at radius 1 is 1.35 bits per heavy atom. The van der Waals surface area contributed by atoms with E-state index in [1.165, 1.54) is 16.2 Å². The molecule has 13 heteroatoms. The fraction of sp³-hybridized carbons (Fsp3) is 0.286. The van der Waals surface area contributed by atoms with Gasteiger partial charge in [-0.2, -0.15) is 23.4 Å². The second kappa shape index (κ2) is 8.45. The normalized spacial score (nSPS) is 15.8. The SMILES string of the molecule is N#Cc1nc(OCCC(F)(F)F)oc1C(=O)N1CCc2[nH]cnc2[C@H]1c1nc2ccccc2s1. The molecule has 4 aromatic rings. The third-order valence-corrected chi connectivity index (χ3v) is 6.34. The first-order valence-corrected chi connectivity index (χ1v) is 10.9. The Kier molecular flexibility index (Phi) is 5.45. The summed E-state index contributed by atoms with van der Waals surface area (Å²) in [6.45, 7) is -0.484. The molecular weight excluding hydrogens is 473 g/mol. The number of alkyl halides is 3. The molecule has 9 nitrogen and oxygen atoms in total. The minimum atomic E-state index is -4.43. The number of rotatable bonds is 5. The van der Waals surface area contributed by atoms with Crippen LogP contribution in [0.15, 0.2) is 35.0 Å². The summed E-state index contributed by atoms with van der Waals surface area (Å²) in [4.78, 5) is 30.9. The van der Waals surface area contributed by atoms with E-state index in [1.54, 1.807) is 12.4 Å². The van der Waals surface area contributed by atoms with Crippen molar-refractivity contribution in [2.75, 3.05) is 13.2 Å². The molecule has 0 radical (unpaired) electrons. The van der Waals surface area contributed by atoms with E-state index in [-0.39, 0.29) is 12.2 Å². The van der Waals surface area contributed by atoms with E-state index in [1.807, 2.05) is 24.3 Å². The number of imidazole rings is 1. The minimum absolute atomic E-state index is 0.268. The van der Waals surface area contributed by atoms with Gasteiger partial charge < -0.3 is 19.0 Å². The van der Waals surface area contributed by atoms with Crippen LogP contribution in [0.1, 0.15) is 45.1 Å². The monoisotopic (exact) mass is 488 g/mol. The lowest BCUT2D eigenvalue weighted by atomic mass is 10.0. The van der Waals surface area contributed by atoms with E-state index in [4.69, 9.17) is 9.15 Å². The van der Waals surface area contributed by atoms with Gasteiger partial charge in [0, 0.05) is 18.7 Å². The van der Waals surface area contributed by atoms with Crippen molar-refractivity contribution in [3.05, 3.63) is 58.4 Å². The highest BCUT2D eigenvalue weighted by molar-refractivity contribution is 7.18. The molecule has 1 N–H and O–H groups in total. The maximum absolute atomic E-state index is 13.5. The molecule has 0 unspecified atom stereocenters. The smallest absolute Gasteiger partial charge is 0.395 e. The van der Waals surface area contributed by atoms with Crippen LogP contribution in [0, 0.1) is 11.3 Å². The van der Waals surface area contributed by atoms with Crippen molar-refractivity contribution in [3.63, 3.8) is 0 Å². The van der Waals surface area contributed by atoms with Crippen molar-refractivity contribution in [2.45, 2.75) is 25.1 Å². The maximum atomic E-state index is 13.5. The minimum Gasteiger partial charge on any atom is -0.450 e. The number of nitriles is 1. The van der Waals surface area contributed by atoms with Crippen LogP contribution < -0.4 is 4.74 Å². The number of fused-ring (bicyclic) bond motifs is 2. The number of nitrogens with zero attached hydrogens (tertiary/aromatic N) is 5. The van der Waals surface area contributed by atoms with E-state index in [0.717, 1.165) is 15.9 Å².